The Bertz CT molecular complexity index is 781. The number of benzene rings is 1. The van der Waals surface area contributed by atoms with E-state index in [0.29, 0.717) is 5.56 Å². The van der Waals surface area contributed by atoms with Crippen molar-refractivity contribution in [1.82, 2.24) is 4.90 Å². The molecule has 1 amide bonds. The van der Waals surface area contributed by atoms with E-state index in [-0.39, 0.29) is 22.3 Å². The van der Waals surface area contributed by atoms with E-state index in [2.05, 4.69) is 19.9 Å². The Kier molecular flexibility index (Phi) is 3.87. The molecule has 1 aliphatic carbocycles. The number of rotatable bonds is 2. The molecule has 1 saturated carbocycles. The molecule has 1 aromatic rings. The highest BCUT2D eigenvalue weighted by molar-refractivity contribution is 7.90. The van der Waals surface area contributed by atoms with Gasteiger partial charge in [0, 0.05) is 24.4 Å². The maximum atomic E-state index is 12.9. The van der Waals surface area contributed by atoms with E-state index < -0.39 is 9.84 Å². The second kappa shape index (κ2) is 5.48. The van der Waals surface area contributed by atoms with Gasteiger partial charge in [0.05, 0.1) is 4.90 Å². The third-order valence-corrected chi connectivity index (χ3v) is 6.16. The minimum absolute atomic E-state index is 0.0541. The van der Waals surface area contributed by atoms with Gasteiger partial charge in [0.2, 0.25) is 0 Å². The molecule has 1 saturated heterocycles. The van der Waals surface area contributed by atoms with E-state index >= 15 is 0 Å². The quantitative estimate of drug-likeness (QED) is 0.782. The molecular weight excluding hydrogens is 310 g/mol. The molecule has 0 spiro atoms. The van der Waals surface area contributed by atoms with Gasteiger partial charge in [-0.05, 0) is 49.8 Å². The van der Waals surface area contributed by atoms with Crippen LogP contribution < -0.4 is 0 Å². The van der Waals surface area contributed by atoms with Crippen LogP contribution in [0.15, 0.2) is 40.8 Å². The Hall–Kier alpha value is -1.62. The van der Waals surface area contributed by atoms with E-state index in [1.165, 1.54) is 24.0 Å². The smallest absolute Gasteiger partial charge is 0.254 e. The summed E-state index contributed by atoms with van der Waals surface area (Å²) in [7, 11) is -3.30. The summed E-state index contributed by atoms with van der Waals surface area (Å²) in [5.41, 5.74) is 2.03. The van der Waals surface area contributed by atoms with Gasteiger partial charge in [-0.15, -0.1) is 0 Å². The normalized spacial score (nSPS) is 29.1. The van der Waals surface area contributed by atoms with Gasteiger partial charge in [0.25, 0.3) is 5.91 Å². The summed E-state index contributed by atoms with van der Waals surface area (Å²) in [5.74, 6) is -0.0541. The number of amides is 1. The average molecular weight is 333 g/mol. The fraction of sp³-hybridized carbons (Fsp3) is 0.500. The number of carbonyl (C=O) groups is 1. The Balaban J connectivity index is 1.90. The molecule has 3 rings (SSSR count). The molecule has 0 radical (unpaired) electrons. The molecule has 0 aromatic heterocycles. The highest BCUT2D eigenvalue weighted by atomic mass is 32.2. The molecule has 5 heteroatoms. The van der Waals surface area contributed by atoms with Crippen molar-refractivity contribution in [2.75, 3.05) is 12.8 Å². The summed E-state index contributed by atoms with van der Waals surface area (Å²) in [4.78, 5) is 15.1. The number of hydrogen-bond acceptors (Lipinski definition) is 3. The monoisotopic (exact) mass is 333 g/mol. The fourth-order valence-corrected chi connectivity index (χ4v) is 4.67. The topological polar surface area (TPSA) is 54.5 Å². The zero-order valence-corrected chi connectivity index (χ0v) is 14.7. The number of sulfone groups is 1. The summed E-state index contributed by atoms with van der Waals surface area (Å²) in [6.45, 7) is 5.05. The number of nitrogens with zero attached hydrogens (tertiary/aromatic N) is 1. The molecule has 2 atom stereocenters. The van der Waals surface area contributed by atoms with Crippen LogP contribution in [0.25, 0.3) is 0 Å². The lowest BCUT2D eigenvalue weighted by molar-refractivity contribution is 0.0732. The molecule has 1 aromatic carbocycles. The van der Waals surface area contributed by atoms with E-state index in [1.54, 1.807) is 12.1 Å². The average Bonchev–Trinajstić information content (AvgIpc) is 2.74. The lowest BCUT2D eigenvalue weighted by atomic mass is 9.75. The van der Waals surface area contributed by atoms with Crippen molar-refractivity contribution < 1.29 is 13.2 Å². The first-order valence-corrected chi connectivity index (χ1v) is 9.86. The third kappa shape index (κ3) is 3.07. The molecular formula is C18H23NO3S. The van der Waals surface area contributed by atoms with Gasteiger partial charge >= 0.3 is 0 Å². The number of fused-ring (bicyclic) bond motifs is 2. The second-order valence-electron chi connectivity index (χ2n) is 7.23. The summed E-state index contributed by atoms with van der Waals surface area (Å²) in [5, 5.41) is 0. The summed E-state index contributed by atoms with van der Waals surface area (Å²) < 4.78 is 23.4. The van der Waals surface area contributed by atoms with E-state index in [0.717, 1.165) is 25.8 Å². The summed E-state index contributed by atoms with van der Waals surface area (Å²) in [6, 6.07) is 6.62. The van der Waals surface area contributed by atoms with Crippen molar-refractivity contribution in [2.45, 2.75) is 44.0 Å². The van der Waals surface area contributed by atoms with Crippen LogP contribution in [0, 0.1) is 5.41 Å². The highest BCUT2D eigenvalue weighted by Crippen LogP contribution is 2.47. The van der Waals surface area contributed by atoms with Crippen LogP contribution in [0.5, 0.6) is 0 Å². The molecule has 0 N–H and O–H groups in total. The van der Waals surface area contributed by atoms with Crippen LogP contribution in [0.3, 0.4) is 0 Å². The second-order valence-corrected chi connectivity index (χ2v) is 9.25. The van der Waals surface area contributed by atoms with Crippen molar-refractivity contribution in [1.29, 1.82) is 0 Å². The van der Waals surface area contributed by atoms with Gasteiger partial charge < -0.3 is 4.90 Å². The van der Waals surface area contributed by atoms with Gasteiger partial charge in [-0.2, -0.15) is 0 Å². The van der Waals surface area contributed by atoms with Gasteiger partial charge in [0.15, 0.2) is 9.84 Å². The van der Waals surface area contributed by atoms with E-state index in [1.807, 2.05) is 4.90 Å². The molecule has 124 valence electrons. The van der Waals surface area contributed by atoms with Gasteiger partial charge in [-0.1, -0.05) is 24.6 Å². The molecule has 4 nitrogen and oxygen atoms in total. The molecule has 23 heavy (non-hydrogen) atoms. The minimum atomic E-state index is -3.30. The van der Waals surface area contributed by atoms with Crippen LogP contribution in [-0.2, 0) is 9.84 Å². The summed E-state index contributed by atoms with van der Waals surface area (Å²) in [6.07, 6.45) is 6.35. The Labute approximate surface area is 138 Å². The Morgan fingerprint density at radius 1 is 1.39 bits per heavy atom. The number of allylic oxidation sites excluding steroid dienone is 1. The highest BCUT2D eigenvalue weighted by Gasteiger charge is 2.46. The Morgan fingerprint density at radius 2 is 2.13 bits per heavy atom. The first-order chi connectivity index (χ1) is 10.7. The van der Waals surface area contributed by atoms with E-state index in [4.69, 9.17) is 0 Å². The lowest BCUT2D eigenvalue weighted by Crippen LogP contribution is -2.35. The molecule has 2 unspecified atom stereocenters. The molecule has 2 fully saturated rings. The summed E-state index contributed by atoms with van der Waals surface area (Å²) >= 11 is 0. The van der Waals surface area contributed by atoms with Crippen LogP contribution in [-0.4, -0.2) is 38.1 Å². The van der Waals surface area contributed by atoms with E-state index in [9.17, 15) is 13.2 Å². The predicted molar refractivity (Wildman–Crippen MR) is 90.1 cm³/mol. The fourth-order valence-electron chi connectivity index (χ4n) is 4.00. The molecule has 2 aliphatic rings. The van der Waals surface area contributed by atoms with Crippen molar-refractivity contribution in [3.8, 4) is 0 Å². The maximum Gasteiger partial charge on any atom is 0.254 e. The van der Waals surface area contributed by atoms with Crippen LogP contribution in [0.2, 0.25) is 0 Å². The molecule has 1 aliphatic heterocycles. The zero-order chi connectivity index (χ0) is 16.8. The largest absolute Gasteiger partial charge is 0.335 e. The third-order valence-electron chi connectivity index (χ3n) is 5.05. The van der Waals surface area contributed by atoms with Crippen LogP contribution >= 0.6 is 0 Å². The number of carbonyl (C=O) groups excluding carboxylic acids is 1. The lowest BCUT2D eigenvalue weighted by Gasteiger charge is -2.29. The van der Waals surface area contributed by atoms with Crippen molar-refractivity contribution in [3.63, 3.8) is 0 Å². The standard InChI is InChI=1S/C18H23NO3S/c1-4-13-8-15-11-18(2,10-13)12-19(15)17(20)14-6-5-7-16(9-14)23(3,21)22/h4-7,9,15H,8,10-12H2,1-3H3/b13-4-. The van der Waals surface area contributed by atoms with Crippen molar-refractivity contribution in [3.05, 3.63) is 41.5 Å². The van der Waals surface area contributed by atoms with Crippen LogP contribution in [0.4, 0.5) is 0 Å². The Morgan fingerprint density at radius 3 is 2.78 bits per heavy atom. The SMILES string of the molecule is C/C=C1/CC2CC(C)(C1)CN2C(=O)c1cccc(S(C)(=O)=O)c1. The van der Waals surface area contributed by atoms with Crippen molar-refractivity contribution >= 4 is 15.7 Å². The predicted octanol–water partition coefficient (Wildman–Crippen LogP) is 3.05. The van der Waals surface area contributed by atoms with Gasteiger partial charge in [0.1, 0.15) is 0 Å². The first-order valence-electron chi connectivity index (χ1n) is 7.97. The maximum absolute atomic E-state index is 12.9. The number of hydrogen-bond donors (Lipinski definition) is 0. The molecule has 1 heterocycles. The minimum Gasteiger partial charge on any atom is -0.335 e. The van der Waals surface area contributed by atoms with Gasteiger partial charge in [-0.25, -0.2) is 8.42 Å². The first kappa shape index (κ1) is 16.2. The van der Waals surface area contributed by atoms with Gasteiger partial charge in [-0.3, -0.25) is 4.79 Å². The van der Waals surface area contributed by atoms with Crippen LogP contribution in [0.1, 0.15) is 43.5 Å². The van der Waals surface area contributed by atoms with Crippen molar-refractivity contribution in [2.24, 2.45) is 5.41 Å². The number of likely N-dealkylation sites (tertiary alicyclic amines) is 1. The molecule has 2 bridgehead atoms. The zero-order valence-electron chi connectivity index (χ0n) is 13.9.